The minimum atomic E-state index is -3.99. The molecule has 1 unspecified atom stereocenters. The fraction of sp³-hybridized carbons (Fsp3) is 0.273. The van der Waals surface area contributed by atoms with Crippen LogP contribution in [0.4, 0.5) is 5.69 Å². The van der Waals surface area contributed by atoms with E-state index < -0.39 is 22.0 Å². The van der Waals surface area contributed by atoms with E-state index in [1.165, 1.54) is 6.07 Å². The number of carbonyl (C=O) groups is 1. The standard InChI is InChI=1S/C22H23N3O4S/c1-14(2)12-13-25-19(15-8-4-3-5-9-15)20(26)18(22(25)27)21-23-16-10-6-7-11-17(16)30(28,29)24-21/h3-11,14,19,26H,12-13H2,1-2H3,(H,23,24). The summed E-state index contributed by atoms with van der Waals surface area (Å²) in [6, 6.07) is 14.9. The van der Waals surface area contributed by atoms with Crippen molar-refractivity contribution in [2.24, 2.45) is 10.3 Å². The third-order valence-electron chi connectivity index (χ3n) is 5.23. The highest BCUT2D eigenvalue weighted by molar-refractivity contribution is 7.90. The van der Waals surface area contributed by atoms with Crippen LogP contribution in [0.3, 0.4) is 0 Å². The Balaban J connectivity index is 1.80. The summed E-state index contributed by atoms with van der Waals surface area (Å²) in [6.45, 7) is 4.55. The summed E-state index contributed by atoms with van der Waals surface area (Å²) in [5.41, 5.74) is 0.972. The molecular weight excluding hydrogens is 402 g/mol. The first-order valence-electron chi connectivity index (χ1n) is 9.80. The van der Waals surface area contributed by atoms with Crippen LogP contribution in [0, 0.1) is 5.92 Å². The second-order valence-electron chi connectivity index (χ2n) is 7.79. The lowest BCUT2D eigenvalue weighted by Crippen LogP contribution is -2.34. The van der Waals surface area contributed by atoms with E-state index in [2.05, 4.69) is 23.6 Å². The van der Waals surface area contributed by atoms with Crippen LogP contribution in [0.1, 0.15) is 31.9 Å². The predicted octanol–water partition coefficient (Wildman–Crippen LogP) is 3.64. The van der Waals surface area contributed by atoms with E-state index in [1.807, 2.05) is 30.3 Å². The van der Waals surface area contributed by atoms with Gasteiger partial charge in [-0.25, -0.2) is 0 Å². The maximum absolute atomic E-state index is 13.3. The largest absolute Gasteiger partial charge is 0.509 e. The lowest BCUT2D eigenvalue weighted by Gasteiger charge is -2.26. The third-order valence-corrected chi connectivity index (χ3v) is 6.57. The van der Waals surface area contributed by atoms with Gasteiger partial charge in [0.05, 0.1) is 5.69 Å². The average Bonchev–Trinajstić information content (AvgIpc) is 2.96. The number of fused-ring (bicyclic) bond motifs is 1. The normalized spacial score (nSPS) is 20.2. The molecule has 8 heteroatoms. The van der Waals surface area contributed by atoms with Gasteiger partial charge in [-0.3, -0.25) is 4.79 Å². The van der Waals surface area contributed by atoms with Gasteiger partial charge in [-0.15, -0.1) is 4.40 Å². The molecule has 2 heterocycles. The van der Waals surface area contributed by atoms with Gasteiger partial charge in [0, 0.05) is 6.54 Å². The molecule has 2 aromatic rings. The van der Waals surface area contributed by atoms with Gasteiger partial charge in [-0.1, -0.05) is 56.3 Å². The Morgan fingerprint density at radius 2 is 1.77 bits per heavy atom. The molecule has 1 atom stereocenters. The summed E-state index contributed by atoms with van der Waals surface area (Å²) in [6.07, 6.45) is 0.747. The van der Waals surface area contributed by atoms with Gasteiger partial charge in [0.2, 0.25) is 0 Å². The first-order chi connectivity index (χ1) is 14.3. The Morgan fingerprint density at radius 3 is 2.47 bits per heavy atom. The van der Waals surface area contributed by atoms with Crippen LogP contribution in [0.15, 0.2) is 75.2 Å². The number of amidine groups is 1. The number of hydrogen-bond donors (Lipinski definition) is 2. The lowest BCUT2D eigenvalue weighted by molar-refractivity contribution is -0.127. The van der Waals surface area contributed by atoms with E-state index in [0.29, 0.717) is 18.2 Å². The van der Waals surface area contributed by atoms with E-state index in [-0.39, 0.29) is 22.1 Å². The topological polar surface area (TPSA) is 99.1 Å². The van der Waals surface area contributed by atoms with Gasteiger partial charge in [0.25, 0.3) is 15.9 Å². The highest BCUT2D eigenvalue weighted by Crippen LogP contribution is 2.39. The van der Waals surface area contributed by atoms with E-state index in [0.717, 1.165) is 12.0 Å². The average molecular weight is 426 g/mol. The van der Waals surface area contributed by atoms with Gasteiger partial charge >= 0.3 is 0 Å². The molecular formula is C22H23N3O4S. The molecule has 7 nitrogen and oxygen atoms in total. The van der Waals surface area contributed by atoms with Gasteiger partial charge in [0.1, 0.15) is 22.3 Å². The molecule has 0 fully saturated rings. The van der Waals surface area contributed by atoms with Crippen LogP contribution < -0.4 is 5.32 Å². The summed E-state index contributed by atoms with van der Waals surface area (Å²) >= 11 is 0. The number of carbonyl (C=O) groups excluding carboxylic acids is 1. The number of aliphatic hydroxyl groups excluding tert-OH is 1. The number of anilines is 1. The first-order valence-corrected chi connectivity index (χ1v) is 11.2. The number of nitrogens with one attached hydrogen (secondary N) is 1. The molecule has 0 aromatic heterocycles. The van der Waals surface area contributed by atoms with Crippen molar-refractivity contribution in [1.29, 1.82) is 0 Å². The van der Waals surface area contributed by atoms with Crippen molar-refractivity contribution < 1.29 is 18.3 Å². The summed E-state index contributed by atoms with van der Waals surface area (Å²) in [5.74, 6) is -0.430. The van der Waals surface area contributed by atoms with E-state index in [9.17, 15) is 18.3 Å². The summed E-state index contributed by atoms with van der Waals surface area (Å²) in [5, 5.41) is 14.0. The molecule has 1 amide bonds. The molecule has 2 aliphatic rings. The van der Waals surface area contributed by atoms with Crippen molar-refractivity contribution in [1.82, 2.24) is 4.90 Å². The molecule has 156 valence electrons. The number of benzene rings is 2. The molecule has 2 aromatic carbocycles. The fourth-order valence-electron chi connectivity index (χ4n) is 3.70. The van der Waals surface area contributed by atoms with Crippen molar-refractivity contribution >= 4 is 27.5 Å². The quantitative estimate of drug-likeness (QED) is 0.762. The molecule has 4 rings (SSSR count). The molecule has 2 N–H and O–H groups in total. The number of nitrogens with zero attached hydrogens (tertiary/aromatic N) is 2. The van der Waals surface area contributed by atoms with E-state index >= 15 is 0 Å². The molecule has 0 aliphatic carbocycles. The molecule has 0 saturated heterocycles. The Hall–Kier alpha value is -3.13. The zero-order valence-corrected chi connectivity index (χ0v) is 17.6. The number of aliphatic hydroxyl groups is 1. The summed E-state index contributed by atoms with van der Waals surface area (Å²) in [4.78, 5) is 14.9. The minimum absolute atomic E-state index is 0.0376. The van der Waals surface area contributed by atoms with Crippen LogP contribution in [0.2, 0.25) is 0 Å². The van der Waals surface area contributed by atoms with Crippen LogP contribution >= 0.6 is 0 Å². The van der Waals surface area contributed by atoms with Crippen LogP contribution in [0.5, 0.6) is 0 Å². The van der Waals surface area contributed by atoms with E-state index in [1.54, 1.807) is 23.1 Å². The first kappa shape index (κ1) is 20.2. The highest BCUT2D eigenvalue weighted by Gasteiger charge is 2.44. The monoisotopic (exact) mass is 425 g/mol. The zero-order chi connectivity index (χ0) is 21.5. The molecule has 30 heavy (non-hydrogen) atoms. The van der Waals surface area contributed by atoms with E-state index in [4.69, 9.17) is 0 Å². The number of sulfonamides is 1. The highest BCUT2D eigenvalue weighted by atomic mass is 32.2. The molecule has 0 radical (unpaired) electrons. The number of amides is 1. The zero-order valence-electron chi connectivity index (χ0n) is 16.7. The van der Waals surface area contributed by atoms with Crippen molar-refractivity contribution in [3.63, 3.8) is 0 Å². The Morgan fingerprint density at radius 1 is 1.10 bits per heavy atom. The Bertz CT molecular complexity index is 1150. The molecule has 0 spiro atoms. The maximum Gasteiger partial charge on any atom is 0.286 e. The van der Waals surface area contributed by atoms with Crippen molar-refractivity contribution in [2.75, 3.05) is 11.9 Å². The smallest absolute Gasteiger partial charge is 0.286 e. The van der Waals surface area contributed by atoms with Gasteiger partial charge < -0.3 is 15.3 Å². The van der Waals surface area contributed by atoms with Gasteiger partial charge in [-0.05, 0) is 30.0 Å². The van der Waals surface area contributed by atoms with Crippen LogP contribution in [-0.2, 0) is 14.8 Å². The maximum atomic E-state index is 13.3. The number of hydrogen-bond acceptors (Lipinski definition) is 5. The summed E-state index contributed by atoms with van der Waals surface area (Å²) in [7, 11) is -3.99. The minimum Gasteiger partial charge on any atom is -0.509 e. The molecule has 0 bridgehead atoms. The van der Waals surface area contributed by atoms with Crippen LogP contribution in [-0.4, -0.2) is 36.7 Å². The third kappa shape index (κ3) is 3.47. The fourth-order valence-corrected chi connectivity index (χ4v) is 4.82. The molecule has 0 saturated carbocycles. The van der Waals surface area contributed by atoms with Crippen molar-refractivity contribution in [3.05, 3.63) is 71.5 Å². The van der Waals surface area contributed by atoms with Crippen LogP contribution in [0.25, 0.3) is 0 Å². The summed E-state index contributed by atoms with van der Waals surface area (Å²) < 4.78 is 29.1. The SMILES string of the molecule is CC(C)CCN1C(=O)C(C2=NS(=O)(=O)c3ccccc3N2)=C(O)C1c1ccccc1. The number of para-hydroxylation sites is 1. The van der Waals surface area contributed by atoms with Crippen molar-refractivity contribution in [2.45, 2.75) is 31.2 Å². The van der Waals surface area contributed by atoms with Gasteiger partial charge in [0.15, 0.2) is 5.84 Å². The number of rotatable bonds is 5. The Kier molecular flexibility index (Phi) is 5.11. The second-order valence-corrected chi connectivity index (χ2v) is 9.36. The molecule has 2 aliphatic heterocycles. The Labute approximate surface area is 175 Å². The predicted molar refractivity (Wildman–Crippen MR) is 115 cm³/mol. The second kappa shape index (κ2) is 7.60. The van der Waals surface area contributed by atoms with Crippen molar-refractivity contribution in [3.8, 4) is 0 Å². The van der Waals surface area contributed by atoms with Gasteiger partial charge in [-0.2, -0.15) is 8.42 Å². The lowest BCUT2D eigenvalue weighted by atomic mass is 10.0.